The number of anilines is 1. The average Bonchev–Trinajstić information content (AvgIpc) is 2.94. The van der Waals surface area contributed by atoms with Crippen LogP contribution < -0.4 is 4.90 Å². The van der Waals surface area contributed by atoms with Crippen LogP contribution in [0.2, 0.25) is 10.0 Å². The molecule has 2 amide bonds. The Kier molecular flexibility index (Phi) is 5.62. The minimum atomic E-state index is -0.0481. The predicted octanol–water partition coefficient (Wildman–Crippen LogP) is 3.29. The van der Waals surface area contributed by atoms with Gasteiger partial charge in [0.25, 0.3) is 0 Å². The molecule has 2 unspecified atom stereocenters. The zero-order chi connectivity index (χ0) is 19.0. The molecule has 3 fully saturated rings. The number of fused-ring (bicyclic) bond motifs is 1. The summed E-state index contributed by atoms with van der Waals surface area (Å²) in [6, 6.07) is 5.71. The molecule has 27 heavy (non-hydrogen) atoms. The van der Waals surface area contributed by atoms with Gasteiger partial charge in [0.05, 0.1) is 27.6 Å². The van der Waals surface area contributed by atoms with E-state index in [0.29, 0.717) is 16.6 Å². The number of carbonyl (C=O) groups is 2. The maximum atomic E-state index is 12.6. The number of hydrogen-bond donors (Lipinski definition) is 0. The maximum Gasteiger partial charge on any atom is 0.233 e. The summed E-state index contributed by atoms with van der Waals surface area (Å²) < 4.78 is 0. The van der Waals surface area contributed by atoms with Crippen LogP contribution in [-0.2, 0) is 9.59 Å². The maximum absolute atomic E-state index is 12.6. The van der Waals surface area contributed by atoms with Crippen LogP contribution in [-0.4, -0.2) is 60.9 Å². The van der Waals surface area contributed by atoms with Crippen molar-refractivity contribution in [1.29, 1.82) is 0 Å². The number of piperazine rings is 1. The van der Waals surface area contributed by atoms with E-state index in [1.54, 1.807) is 6.07 Å². The van der Waals surface area contributed by atoms with Crippen LogP contribution in [0.4, 0.5) is 5.69 Å². The largest absolute Gasteiger partial charge is 0.368 e. The van der Waals surface area contributed by atoms with E-state index >= 15 is 0 Å². The van der Waals surface area contributed by atoms with Crippen molar-refractivity contribution >= 4 is 40.7 Å². The lowest BCUT2D eigenvalue weighted by Crippen LogP contribution is -2.49. The first-order valence-corrected chi connectivity index (χ1v) is 10.6. The van der Waals surface area contributed by atoms with Gasteiger partial charge in [-0.15, -0.1) is 0 Å². The fourth-order valence-electron chi connectivity index (χ4n) is 4.64. The lowest BCUT2D eigenvalue weighted by Gasteiger charge is -2.37. The Bertz CT molecular complexity index is 710. The van der Waals surface area contributed by atoms with Crippen LogP contribution in [0.25, 0.3) is 0 Å². The zero-order valence-corrected chi connectivity index (χ0v) is 16.9. The second-order valence-electron chi connectivity index (χ2n) is 7.73. The van der Waals surface area contributed by atoms with Crippen molar-refractivity contribution < 1.29 is 9.59 Å². The third-order valence-electron chi connectivity index (χ3n) is 6.22. The van der Waals surface area contributed by atoms with Gasteiger partial charge in [-0.25, -0.2) is 0 Å². The molecule has 4 rings (SSSR count). The number of hydrogen-bond acceptors (Lipinski definition) is 4. The summed E-state index contributed by atoms with van der Waals surface area (Å²) in [5, 5.41) is 1.17. The summed E-state index contributed by atoms with van der Waals surface area (Å²) >= 11 is 12.5. The molecule has 0 spiro atoms. The third kappa shape index (κ3) is 3.69. The highest BCUT2D eigenvalue weighted by Crippen LogP contribution is 2.38. The quantitative estimate of drug-likeness (QED) is 0.715. The molecule has 2 heterocycles. The van der Waals surface area contributed by atoms with Gasteiger partial charge >= 0.3 is 0 Å². The number of benzene rings is 1. The van der Waals surface area contributed by atoms with Gasteiger partial charge in [0, 0.05) is 39.3 Å². The standard InChI is InChI=1S/C20H25Cl2N3O2/c21-16-6-3-7-17(18(16)22)24-11-8-23(9-12-24)10-13-25-19(26)14-4-1-2-5-15(14)20(25)27/h3,6-7,14-15H,1-2,4-5,8-13H2. The predicted molar refractivity (Wildman–Crippen MR) is 107 cm³/mol. The normalized spacial score (nSPS) is 26.6. The van der Waals surface area contributed by atoms with E-state index in [4.69, 9.17) is 23.2 Å². The van der Waals surface area contributed by atoms with Gasteiger partial charge in [-0.1, -0.05) is 42.1 Å². The van der Waals surface area contributed by atoms with E-state index in [1.807, 2.05) is 12.1 Å². The second-order valence-corrected chi connectivity index (χ2v) is 8.51. The van der Waals surface area contributed by atoms with Gasteiger partial charge in [0.15, 0.2) is 0 Å². The highest BCUT2D eigenvalue weighted by atomic mass is 35.5. The molecule has 1 saturated carbocycles. The molecule has 5 nitrogen and oxygen atoms in total. The molecule has 0 bridgehead atoms. The number of likely N-dealkylation sites (tertiary alicyclic amines) is 1. The number of halogens is 2. The van der Waals surface area contributed by atoms with Crippen LogP contribution in [0.5, 0.6) is 0 Å². The minimum absolute atomic E-state index is 0.0481. The minimum Gasteiger partial charge on any atom is -0.368 e. The van der Waals surface area contributed by atoms with Gasteiger partial charge in [0.1, 0.15) is 0 Å². The molecule has 1 aliphatic carbocycles. The topological polar surface area (TPSA) is 43.9 Å². The molecule has 7 heteroatoms. The Labute approximate surface area is 170 Å². The first-order chi connectivity index (χ1) is 13.1. The summed E-state index contributed by atoms with van der Waals surface area (Å²) in [4.78, 5) is 31.2. The fraction of sp³-hybridized carbons (Fsp3) is 0.600. The first kappa shape index (κ1) is 19.0. The summed E-state index contributed by atoms with van der Waals surface area (Å²) in [5.74, 6) is 0.0317. The van der Waals surface area contributed by atoms with E-state index < -0.39 is 0 Å². The molecule has 3 aliphatic rings. The fourth-order valence-corrected chi connectivity index (χ4v) is 5.06. The smallest absolute Gasteiger partial charge is 0.233 e. The lowest BCUT2D eigenvalue weighted by molar-refractivity contribution is -0.140. The van der Waals surface area contributed by atoms with Crippen molar-refractivity contribution in [1.82, 2.24) is 9.80 Å². The van der Waals surface area contributed by atoms with E-state index in [9.17, 15) is 9.59 Å². The molecular weight excluding hydrogens is 385 g/mol. The van der Waals surface area contributed by atoms with E-state index in [-0.39, 0.29) is 23.7 Å². The van der Waals surface area contributed by atoms with E-state index in [1.165, 1.54) is 4.90 Å². The molecule has 2 saturated heterocycles. The van der Waals surface area contributed by atoms with Crippen LogP contribution in [0.3, 0.4) is 0 Å². The number of imide groups is 1. The number of amides is 2. The summed E-state index contributed by atoms with van der Waals surface area (Å²) in [6.45, 7) is 4.73. The van der Waals surface area contributed by atoms with Crippen molar-refractivity contribution in [3.8, 4) is 0 Å². The third-order valence-corrected chi connectivity index (χ3v) is 7.03. The molecule has 2 aliphatic heterocycles. The number of rotatable bonds is 4. The zero-order valence-electron chi connectivity index (χ0n) is 15.4. The SMILES string of the molecule is O=C1C2CCCCC2C(=O)N1CCN1CCN(c2cccc(Cl)c2Cl)CC1. The van der Waals surface area contributed by atoms with Crippen LogP contribution >= 0.6 is 23.2 Å². The van der Waals surface area contributed by atoms with Crippen molar-refractivity contribution in [2.45, 2.75) is 25.7 Å². The first-order valence-electron chi connectivity index (χ1n) is 9.83. The number of carbonyl (C=O) groups excluding carboxylic acids is 2. The molecule has 1 aromatic rings. The van der Waals surface area contributed by atoms with Gasteiger partial charge in [-0.2, -0.15) is 0 Å². The average molecular weight is 410 g/mol. The molecule has 0 aromatic heterocycles. The Morgan fingerprint density at radius 3 is 2.15 bits per heavy atom. The Hall–Kier alpha value is -1.30. The summed E-state index contributed by atoms with van der Waals surface area (Å²) in [6.07, 6.45) is 3.90. The van der Waals surface area contributed by atoms with Gasteiger partial charge < -0.3 is 4.90 Å². The van der Waals surface area contributed by atoms with Crippen molar-refractivity contribution in [2.75, 3.05) is 44.2 Å². The lowest BCUT2D eigenvalue weighted by atomic mass is 9.81. The van der Waals surface area contributed by atoms with Crippen LogP contribution in [0.1, 0.15) is 25.7 Å². The van der Waals surface area contributed by atoms with E-state index in [0.717, 1.165) is 64.1 Å². The Morgan fingerprint density at radius 2 is 1.52 bits per heavy atom. The van der Waals surface area contributed by atoms with Gasteiger partial charge in [-0.05, 0) is 25.0 Å². The second kappa shape index (κ2) is 7.98. The van der Waals surface area contributed by atoms with Crippen LogP contribution in [0, 0.1) is 11.8 Å². The highest BCUT2D eigenvalue weighted by Gasteiger charge is 2.47. The van der Waals surface area contributed by atoms with Gasteiger partial charge in [-0.3, -0.25) is 19.4 Å². The summed E-state index contributed by atoms with van der Waals surface area (Å²) in [7, 11) is 0. The Balaban J connectivity index is 1.30. The van der Waals surface area contributed by atoms with Crippen molar-refractivity contribution in [3.05, 3.63) is 28.2 Å². The highest BCUT2D eigenvalue weighted by molar-refractivity contribution is 6.43. The molecular formula is C20H25Cl2N3O2. The molecule has 0 radical (unpaired) electrons. The van der Waals surface area contributed by atoms with Crippen molar-refractivity contribution in [2.24, 2.45) is 11.8 Å². The molecule has 1 aromatic carbocycles. The monoisotopic (exact) mass is 409 g/mol. The molecule has 146 valence electrons. The van der Waals surface area contributed by atoms with Gasteiger partial charge in [0.2, 0.25) is 11.8 Å². The van der Waals surface area contributed by atoms with E-state index in [2.05, 4.69) is 9.80 Å². The Morgan fingerprint density at radius 1 is 0.889 bits per heavy atom. The van der Waals surface area contributed by atoms with Crippen LogP contribution in [0.15, 0.2) is 18.2 Å². The molecule has 0 N–H and O–H groups in total. The number of nitrogens with zero attached hydrogens (tertiary/aromatic N) is 3. The summed E-state index contributed by atoms with van der Waals surface area (Å²) in [5.41, 5.74) is 0.970. The molecule has 2 atom stereocenters. The van der Waals surface area contributed by atoms with Crippen molar-refractivity contribution in [3.63, 3.8) is 0 Å².